The van der Waals surface area contributed by atoms with Crippen LogP contribution < -0.4 is 9.62 Å². The number of sulfonamides is 1. The molecule has 0 heterocycles. The van der Waals surface area contributed by atoms with Gasteiger partial charge < -0.3 is 5.32 Å². The van der Waals surface area contributed by atoms with E-state index < -0.39 is 21.7 Å². The zero-order valence-electron chi connectivity index (χ0n) is 17.0. The van der Waals surface area contributed by atoms with Crippen molar-refractivity contribution in [2.45, 2.75) is 39.7 Å². The Kier molecular flexibility index (Phi) is 7.35. The van der Waals surface area contributed by atoms with E-state index in [9.17, 15) is 22.0 Å². The number of aryl methyl sites for hydroxylation is 2. The SMILES string of the molecule is Cc1ccc(C)c([C@@H](C)NC(=O)CCCN(c2ccc(F)c(F)c2)S(C)(=O)=O)c1. The predicted octanol–water partition coefficient (Wildman–Crippen LogP) is 4.01. The minimum atomic E-state index is -3.71. The number of benzene rings is 2. The van der Waals surface area contributed by atoms with Gasteiger partial charge >= 0.3 is 0 Å². The number of amides is 1. The van der Waals surface area contributed by atoms with Crippen LogP contribution in [0.1, 0.15) is 42.5 Å². The molecular weight excluding hydrogens is 398 g/mol. The van der Waals surface area contributed by atoms with E-state index in [1.165, 1.54) is 6.07 Å². The molecule has 8 heteroatoms. The smallest absolute Gasteiger partial charge is 0.232 e. The molecule has 158 valence electrons. The summed E-state index contributed by atoms with van der Waals surface area (Å²) in [4.78, 5) is 12.3. The molecule has 0 aliphatic carbocycles. The average molecular weight is 425 g/mol. The number of hydrogen-bond donors (Lipinski definition) is 1. The van der Waals surface area contributed by atoms with E-state index in [4.69, 9.17) is 0 Å². The fourth-order valence-corrected chi connectivity index (χ4v) is 4.08. The molecule has 0 unspecified atom stereocenters. The van der Waals surface area contributed by atoms with E-state index >= 15 is 0 Å². The summed E-state index contributed by atoms with van der Waals surface area (Å²) in [5.41, 5.74) is 3.22. The molecule has 0 aromatic heterocycles. The van der Waals surface area contributed by atoms with Crippen LogP contribution in [-0.2, 0) is 14.8 Å². The van der Waals surface area contributed by atoms with Gasteiger partial charge in [0.25, 0.3) is 0 Å². The topological polar surface area (TPSA) is 66.5 Å². The summed E-state index contributed by atoms with van der Waals surface area (Å²) >= 11 is 0. The lowest BCUT2D eigenvalue weighted by atomic mass is 10.00. The van der Waals surface area contributed by atoms with Gasteiger partial charge in [0.2, 0.25) is 15.9 Å². The Hall–Kier alpha value is -2.48. The van der Waals surface area contributed by atoms with Crippen molar-refractivity contribution in [3.63, 3.8) is 0 Å². The second-order valence-electron chi connectivity index (χ2n) is 7.19. The minimum absolute atomic E-state index is 0.0187. The molecule has 0 spiro atoms. The maximum absolute atomic E-state index is 13.5. The second kappa shape index (κ2) is 9.35. The minimum Gasteiger partial charge on any atom is -0.350 e. The van der Waals surface area contributed by atoms with Gasteiger partial charge in [0.15, 0.2) is 11.6 Å². The van der Waals surface area contributed by atoms with E-state index in [1.54, 1.807) is 0 Å². The lowest BCUT2D eigenvalue weighted by molar-refractivity contribution is -0.121. The highest BCUT2D eigenvalue weighted by molar-refractivity contribution is 7.92. The molecule has 0 radical (unpaired) electrons. The zero-order chi connectivity index (χ0) is 21.8. The van der Waals surface area contributed by atoms with Gasteiger partial charge in [-0.15, -0.1) is 0 Å². The van der Waals surface area contributed by atoms with Crippen molar-refractivity contribution in [3.05, 3.63) is 64.7 Å². The highest BCUT2D eigenvalue weighted by atomic mass is 32.2. The molecule has 2 rings (SSSR count). The maximum Gasteiger partial charge on any atom is 0.232 e. The van der Waals surface area contributed by atoms with Crippen molar-refractivity contribution in [1.82, 2.24) is 5.32 Å². The third-order valence-corrected chi connectivity index (χ3v) is 5.83. The number of hydrogen-bond acceptors (Lipinski definition) is 3. The van der Waals surface area contributed by atoms with Crippen LogP contribution in [0.3, 0.4) is 0 Å². The predicted molar refractivity (Wildman–Crippen MR) is 110 cm³/mol. The Morgan fingerprint density at radius 2 is 1.79 bits per heavy atom. The normalized spacial score (nSPS) is 12.5. The van der Waals surface area contributed by atoms with Crippen LogP contribution in [0.5, 0.6) is 0 Å². The first-order valence-electron chi connectivity index (χ1n) is 9.28. The van der Waals surface area contributed by atoms with E-state index in [1.807, 2.05) is 39.0 Å². The van der Waals surface area contributed by atoms with Gasteiger partial charge in [0.05, 0.1) is 18.0 Å². The van der Waals surface area contributed by atoms with E-state index in [-0.39, 0.29) is 37.0 Å². The molecule has 0 saturated heterocycles. The van der Waals surface area contributed by atoms with E-state index in [0.29, 0.717) is 0 Å². The molecule has 0 bridgehead atoms. The number of halogens is 2. The summed E-state index contributed by atoms with van der Waals surface area (Å²) in [5.74, 6) is -2.39. The van der Waals surface area contributed by atoms with Crippen LogP contribution in [0.25, 0.3) is 0 Å². The first-order valence-corrected chi connectivity index (χ1v) is 11.1. The monoisotopic (exact) mass is 424 g/mol. The lowest BCUT2D eigenvalue weighted by Gasteiger charge is -2.23. The van der Waals surface area contributed by atoms with Gasteiger partial charge in [-0.1, -0.05) is 23.8 Å². The first kappa shape index (κ1) is 22.8. The molecular formula is C21H26F2N2O3S. The van der Waals surface area contributed by atoms with Gasteiger partial charge in [-0.2, -0.15) is 0 Å². The molecule has 1 amide bonds. The Labute approximate surface area is 170 Å². The van der Waals surface area contributed by atoms with Gasteiger partial charge in [-0.25, -0.2) is 17.2 Å². The fourth-order valence-electron chi connectivity index (χ4n) is 3.13. The summed E-state index contributed by atoms with van der Waals surface area (Å²) < 4.78 is 51.7. The molecule has 0 aliphatic rings. The van der Waals surface area contributed by atoms with Crippen LogP contribution >= 0.6 is 0 Å². The number of carbonyl (C=O) groups is 1. The van der Waals surface area contributed by atoms with Crippen molar-refractivity contribution in [2.75, 3.05) is 17.1 Å². The van der Waals surface area contributed by atoms with Crippen molar-refractivity contribution < 1.29 is 22.0 Å². The summed E-state index contributed by atoms with van der Waals surface area (Å²) in [5, 5.41) is 2.92. The number of carbonyl (C=O) groups excluding carboxylic acids is 1. The van der Waals surface area contributed by atoms with Gasteiger partial charge in [0, 0.05) is 19.0 Å². The molecule has 29 heavy (non-hydrogen) atoms. The molecule has 2 aromatic carbocycles. The highest BCUT2D eigenvalue weighted by Crippen LogP contribution is 2.22. The quantitative estimate of drug-likeness (QED) is 0.696. The molecule has 0 fully saturated rings. The molecule has 0 aliphatic heterocycles. The van der Waals surface area contributed by atoms with Gasteiger partial charge in [-0.05, 0) is 50.5 Å². The third-order valence-electron chi connectivity index (χ3n) is 4.64. The second-order valence-corrected chi connectivity index (χ2v) is 9.09. The van der Waals surface area contributed by atoms with Crippen LogP contribution in [0.4, 0.5) is 14.5 Å². The summed E-state index contributed by atoms with van der Waals surface area (Å²) in [6.45, 7) is 5.83. The van der Waals surface area contributed by atoms with Crippen molar-refractivity contribution in [2.24, 2.45) is 0 Å². The third kappa shape index (κ3) is 6.25. The number of nitrogens with zero attached hydrogens (tertiary/aromatic N) is 1. The zero-order valence-corrected chi connectivity index (χ0v) is 17.8. The Morgan fingerprint density at radius 3 is 2.41 bits per heavy atom. The van der Waals surface area contributed by atoms with Crippen LogP contribution in [0.15, 0.2) is 36.4 Å². The largest absolute Gasteiger partial charge is 0.350 e. The summed E-state index contributed by atoms with van der Waals surface area (Å²) in [6, 6.07) is 8.75. The van der Waals surface area contributed by atoms with Gasteiger partial charge in [0.1, 0.15) is 0 Å². The summed E-state index contributed by atoms with van der Waals surface area (Å²) in [7, 11) is -3.71. The molecule has 2 aromatic rings. The molecule has 1 N–H and O–H groups in total. The molecule has 5 nitrogen and oxygen atoms in total. The number of anilines is 1. The first-order chi connectivity index (χ1) is 13.5. The Balaban J connectivity index is 1.99. The van der Waals surface area contributed by atoms with Crippen molar-refractivity contribution >= 4 is 21.6 Å². The Bertz CT molecular complexity index is 993. The van der Waals surface area contributed by atoms with Crippen LogP contribution in [-0.4, -0.2) is 27.1 Å². The number of nitrogens with one attached hydrogen (secondary N) is 1. The standard InChI is InChI=1S/C21H26F2N2O3S/c1-14-7-8-15(2)18(12-14)16(3)24-21(26)6-5-11-25(29(4,27)28)17-9-10-19(22)20(23)13-17/h7-10,12-13,16H,5-6,11H2,1-4H3,(H,24,26)/t16-/m1/s1. The molecule has 0 saturated carbocycles. The van der Waals surface area contributed by atoms with Crippen LogP contribution in [0, 0.1) is 25.5 Å². The fraction of sp³-hybridized carbons (Fsp3) is 0.381. The van der Waals surface area contributed by atoms with Crippen molar-refractivity contribution in [1.29, 1.82) is 0 Å². The van der Waals surface area contributed by atoms with E-state index in [0.717, 1.165) is 39.4 Å². The summed E-state index contributed by atoms with van der Waals surface area (Å²) in [6.07, 6.45) is 1.32. The van der Waals surface area contributed by atoms with Crippen molar-refractivity contribution in [3.8, 4) is 0 Å². The maximum atomic E-state index is 13.5. The van der Waals surface area contributed by atoms with E-state index in [2.05, 4.69) is 5.32 Å². The Morgan fingerprint density at radius 1 is 1.10 bits per heavy atom. The van der Waals surface area contributed by atoms with Gasteiger partial charge in [-0.3, -0.25) is 9.10 Å². The highest BCUT2D eigenvalue weighted by Gasteiger charge is 2.19. The average Bonchev–Trinajstić information content (AvgIpc) is 2.62. The van der Waals surface area contributed by atoms with Crippen LogP contribution in [0.2, 0.25) is 0 Å². The number of rotatable bonds is 8. The molecule has 1 atom stereocenters. The lowest BCUT2D eigenvalue weighted by Crippen LogP contribution is -2.32.